The monoisotopic (exact) mass is 339 g/mol. The van der Waals surface area contributed by atoms with Crippen molar-refractivity contribution in [2.75, 3.05) is 0 Å². The number of pyridine rings is 1. The number of amides is 1. The summed E-state index contributed by atoms with van der Waals surface area (Å²) in [6.07, 6.45) is 5.87. The molecule has 3 aromatic heterocycles. The molecule has 3 heterocycles. The fourth-order valence-electron chi connectivity index (χ4n) is 2.52. The van der Waals surface area contributed by atoms with E-state index in [1.54, 1.807) is 12.4 Å². The molecule has 1 aliphatic rings. The van der Waals surface area contributed by atoms with Gasteiger partial charge >= 0.3 is 0 Å². The number of nitrogens with zero attached hydrogens (tertiary/aromatic N) is 3. The number of aromatic nitrogens is 4. The van der Waals surface area contributed by atoms with E-state index in [4.69, 9.17) is 0 Å². The second-order valence-corrected chi connectivity index (χ2v) is 6.88. The highest BCUT2D eigenvalue weighted by atomic mass is 32.1. The molecule has 1 atom stereocenters. The molecule has 24 heavy (non-hydrogen) atoms. The standard InChI is InChI=1S/C17H17N5OS/c1-10(17-20-15(9-24-17)12-3-2-6-18-8-12)19-16(23)14-7-13(21-22-14)11-4-5-11/h2-3,6-11H,4-5H2,1H3,(H,19,23)(H,21,22)/t10-/m1/s1. The van der Waals surface area contributed by atoms with Crippen LogP contribution in [-0.2, 0) is 0 Å². The van der Waals surface area contributed by atoms with Gasteiger partial charge in [0.15, 0.2) is 0 Å². The lowest BCUT2D eigenvalue weighted by molar-refractivity contribution is 0.0934. The number of nitrogens with one attached hydrogen (secondary N) is 2. The minimum Gasteiger partial charge on any atom is -0.342 e. The average molecular weight is 339 g/mol. The van der Waals surface area contributed by atoms with Crippen molar-refractivity contribution < 1.29 is 4.79 Å². The first-order chi connectivity index (χ1) is 11.7. The maximum absolute atomic E-state index is 12.3. The number of rotatable bonds is 5. The van der Waals surface area contributed by atoms with Crippen molar-refractivity contribution in [1.82, 2.24) is 25.5 Å². The molecule has 6 nitrogen and oxygen atoms in total. The van der Waals surface area contributed by atoms with Crippen LogP contribution in [0.25, 0.3) is 11.3 Å². The fourth-order valence-corrected chi connectivity index (χ4v) is 3.36. The predicted molar refractivity (Wildman–Crippen MR) is 91.8 cm³/mol. The highest BCUT2D eigenvalue weighted by Gasteiger charge is 2.27. The lowest BCUT2D eigenvalue weighted by atomic mass is 10.2. The molecule has 0 aliphatic heterocycles. The van der Waals surface area contributed by atoms with Gasteiger partial charge in [0.25, 0.3) is 5.91 Å². The molecule has 1 amide bonds. The molecule has 7 heteroatoms. The van der Waals surface area contributed by atoms with Gasteiger partial charge in [-0.15, -0.1) is 11.3 Å². The van der Waals surface area contributed by atoms with Crippen molar-refractivity contribution in [2.45, 2.75) is 31.7 Å². The van der Waals surface area contributed by atoms with Gasteiger partial charge in [-0.3, -0.25) is 14.9 Å². The van der Waals surface area contributed by atoms with E-state index in [2.05, 4.69) is 25.5 Å². The zero-order valence-electron chi connectivity index (χ0n) is 13.2. The Hall–Kier alpha value is -2.54. The largest absolute Gasteiger partial charge is 0.342 e. The summed E-state index contributed by atoms with van der Waals surface area (Å²) >= 11 is 1.53. The average Bonchev–Trinajstić information content (AvgIpc) is 3.14. The number of aromatic amines is 1. The first-order valence-corrected chi connectivity index (χ1v) is 8.80. The number of carbonyl (C=O) groups excluding carboxylic acids is 1. The van der Waals surface area contributed by atoms with Crippen LogP contribution in [0.4, 0.5) is 0 Å². The van der Waals surface area contributed by atoms with Crippen LogP contribution in [0.1, 0.15) is 52.9 Å². The van der Waals surface area contributed by atoms with E-state index in [-0.39, 0.29) is 11.9 Å². The van der Waals surface area contributed by atoms with Crippen LogP contribution in [0, 0.1) is 0 Å². The lowest BCUT2D eigenvalue weighted by Gasteiger charge is -2.09. The Morgan fingerprint density at radius 2 is 2.33 bits per heavy atom. The van der Waals surface area contributed by atoms with Gasteiger partial charge in [-0.05, 0) is 38.0 Å². The van der Waals surface area contributed by atoms with Gasteiger partial charge in [-0.1, -0.05) is 0 Å². The molecule has 0 aromatic carbocycles. The Morgan fingerprint density at radius 1 is 1.46 bits per heavy atom. The van der Waals surface area contributed by atoms with Crippen LogP contribution in [0.5, 0.6) is 0 Å². The summed E-state index contributed by atoms with van der Waals surface area (Å²) in [4.78, 5) is 21.0. The molecular weight excluding hydrogens is 322 g/mol. The third kappa shape index (κ3) is 3.07. The van der Waals surface area contributed by atoms with E-state index >= 15 is 0 Å². The van der Waals surface area contributed by atoms with Gasteiger partial charge in [0, 0.05) is 34.9 Å². The molecule has 0 saturated heterocycles. The highest BCUT2D eigenvalue weighted by molar-refractivity contribution is 7.10. The summed E-state index contributed by atoms with van der Waals surface area (Å²) in [6, 6.07) is 5.53. The third-order valence-electron chi connectivity index (χ3n) is 4.04. The molecule has 2 N–H and O–H groups in total. The van der Waals surface area contributed by atoms with Gasteiger partial charge in [-0.25, -0.2) is 4.98 Å². The van der Waals surface area contributed by atoms with E-state index in [1.165, 1.54) is 24.2 Å². The molecule has 3 aromatic rings. The van der Waals surface area contributed by atoms with Gasteiger partial charge in [0.1, 0.15) is 10.7 Å². The quantitative estimate of drug-likeness (QED) is 0.747. The fraction of sp³-hybridized carbons (Fsp3) is 0.294. The topological polar surface area (TPSA) is 83.6 Å². The highest BCUT2D eigenvalue weighted by Crippen LogP contribution is 2.39. The predicted octanol–water partition coefficient (Wildman–Crippen LogP) is 3.30. The number of hydrogen-bond donors (Lipinski definition) is 2. The summed E-state index contributed by atoms with van der Waals surface area (Å²) in [6.45, 7) is 1.93. The molecule has 0 unspecified atom stereocenters. The summed E-state index contributed by atoms with van der Waals surface area (Å²) in [7, 11) is 0. The van der Waals surface area contributed by atoms with Crippen LogP contribution < -0.4 is 5.32 Å². The zero-order valence-corrected chi connectivity index (χ0v) is 14.0. The van der Waals surface area contributed by atoms with Crippen molar-refractivity contribution in [2.24, 2.45) is 0 Å². The normalized spacial score (nSPS) is 15.2. The maximum atomic E-state index is 12.3. The second-order valence-electron chi connectivity index (χ2n) is 5.99. The molecule has 0 radical (unpaired) electrons. The molecular formula is C17H17N5OS. The Kier molecular flexibility index (Phi) is 3.86. The van der Waals surface area contributed by atoms with Gasteiger partial charge in [0.2, 0.25) is 0 Å². The summed E-state index contributed by atoms with van der Waals surface area (Å²) in [5.74, 6) is 0.376. The van der Waals surface area contributed by atoms with E-state index in [0.29, 0.717) is 11.6 Å². The number of hydrogen-bond acceptors (Lipinski definition) is 5. The van der Waals surface area contributed by atoms with Gasteiger partial charge in [0.05, 0.1) is 11.7 Å². The van der Waals surface area contributed by atoms with Crippen molar-refractivity contribution in [3.05, 3.63) is 52.4 Å². The molecule has 1 aliphatic carbocycles. The third-order valence-corrected chi connectivity index (χ3v) is 5.07. The van der Waals surface area contributed by atoms with E-state index in [0.717, 1.165) is 22.0 Å². The minimum absolute atomic E-state index is 0.172. The van der Waals surface area contributed by atoms with Gasteiger partial charge < -0.3 is 5.32 Å². The molecule has 4 rings (SSSR count). The molecule has 0 bridgehead atoms. The smallest absolute Gasteiger partial charge is 0.272 e. The summed E-state index contributed by atoms with van der Waals surface area (Å²) in [5, 5.41) is 12.9. The van der Waals surface area contributed by atoms with Crippen LogP contribution in [-0.4, -0.2) is 26.1 Å². The first-order valence-electron chi connectivity index (χ1n) is 7.92. The van der Waals surface area contributed by atoms with Crippen molar-refractivity contribution in [1.29, 1.82) is 0 Å². The van der Waals surface area contributed by atoms with Crippen LogP contribution in [0.15, 0.2) is 36.0 Å². The molecule has 1 fully saturated rings. The number of carbonyl (C=O) groups is 1. The summed E-state index contributed by atoms with van der Waals surface area (Å²) < 4.78 is 0. The van der Waals surface area contributed by atoms with E-state index < -0.39 is 0 Å². The zero-order chi connectivity index (χ0) is 16.5. The van der Waals surface area contributed by atoms with E-state index in [9.17, 15) is 4.79 Å². The first kappa shape index (κ1) is 15.0. The van der Waals surface area contributed by atoms with E-state index in [1.807, 2.05) is 30.5 Å². The Balaban J connectivity index is 1.44. The molecule has 1 saturated carbocycles. The summed E-state index contributed by atoms with van der Waals surface area (Å²) in [5.41, 5.74) is 3.34. The Morgan fingerprint density at radius 3 is 3.08 bits per heavy atom. The molecule has 0 spiro atoms. The van der Waals surface area contributed by atoms with Gasteiger partial charge in [-0.2, -0.15) is 5.10 Å². The SMILES string of the molecule is C[C@@H](NC(=O)c1cc(C2CC2)[nH]n1)c1nc(-c2cccnc2)cs1. The Labute approximate surface area is 143 Å². The van der Waals surface area contributed by atoms with Crippen molar-refractivity contribution in [3.8, 4) is 11.3 Å². The van der Waals surface area contributed by atoms with Crippen molar-refractivity contribution >= 4 is 17.2 Å². The maximum Gasteiger partial charge on any atom is 0.272 e. The number of thiazole rings is 1. The van der Waals surface area contributed by atoms with Crippen LogP contribution in [0.2, 0.25) is 0 Å². The van der Waals surface area contributed by atoms with Crippen molar-refractivity contribution in [3.63, 3.8) is 0 Å². The second kappa shape index (κ2) is 6.16. The van der Waals surface area contributed by atoms with Crippen LogP contribution >= 0.6 is 11.3 Å². The minimum atomic E-state index is -0.177. The van der Waals surface area contributed by atoms with Crippen LogP contribution in [0.3, 0.4) is 0 Å². The number of H-pyrrole nitrogens is 1. The Bertz CT molecular complexity index is 853. The lowest BCUT2D eigenvalue weighted by Crippen LogP contribution is -2.26. The molecule has 122 valence electrons.